The standard InChI is InChI=1S/C23H26N2O6/c1-5-29-23(28)25-8-6-24(7-9-25)18(26)11-16-15(4)20-17(31-22(16)27)10-13(2)19-14(3)12-30-21(19)20/h10,12H,5-9,11H2,1-4H3. The number of aryl methyl sites for hydroxylation is 3. The summed E-state index contributed by atoms with van der Waals surface area (Å²) in [6.07, 6.45) is 1.27. The van der Waals surface area contributed by atoms with Gasteiger partial charge >= 0.3 is 11.7 Å². The van der Waals surface area contributed by atoms with Crippen LogP contribution in [0.15, 0.2) is 26.0 Å². The number of fused-ring (bicyclic) bond motifs is 3. The average Bonchev–Trinajstić information content (AvgIpc) is 3.13. The van der Waals surface area contributed by atoms with Crippen molar-refractivity contribution in [1.29, 1.82) is 0 Å². The van der Waals surface area contributed by atoms with Crippen LogP contribution >= 0.6 is 0 Å². The third kappa shape index (κ3) is 3.66. The van der Waals surface area contributed by atoms with Gasteiger partial charge in [0.15, 0.2) is 0 Å². The number of carbonyl (C=O) groups excluding carboxylic acids is 2. The van der Waals surface area contributed by atoms with Gasteiger partial charge in [-0.15, -0.1) is 0 Å². The Hall–Kier alpha value is -3.29. The quantitative estimate of drug-likeness (QED) is 0.597. The number of benzene rings is 1. The summed E-state index contributed by atoms with van der Waals surface area (Å²) in [6, 6.07) is 1.84. The van der Waals surface area contributed by atoms with E-state index in [4.69, 9.17) is 13.6 Å². The maximum atomic E-state index is 12.9. The molecule has 0 bridgehead atoms. The van der Waals surface area contributed by atoms with Crippen LogP contribution in [-0.2, 0) is 16.0 Å². The van der Waals surface area contributed by atoms with Gasteiger partial charge in [-0.25, -0.2) is 9.59 Å². The molecule has 0 spiro atoms. The molecule has 2 aromatic heterocycles. The zero-order valence-electron chi connectivity index (χ0n) is 18.2. The first-order chi connectivity index (χ1) is 14.8. The molecule has 1 aliphatic heterocycles. The number of nitrogens with zero attached hydrogens (tertiary/aromatic N) is 2. The van der Waals surface area contributed by atoms with Crippen LogP contribution in [0.1, 0.15) is 29.2 Å². The third-order valence-electron chi connectivity index (χ3n) is 5.95. The summed E-state index contributed by atoms with van der Waals surface area (Å²) in [5.41, 5.74) is 3.64. The van der Waals surface area contributed by atoms with E-state index in [9.17, 15) is 14.4 Å². The van der Waals surface area contributed by atoms with Crippen LogP contribution < -0.4 is 5.63 Å². The Morgan fingerprint density at radius 2 is 1.71 bits per heavy atom. The minimum atomic E-state index is -0.509. The molecule has 31 heavy (non-hydrogen) atoms. The zero-order valence-corrected chi connectivity index (χ0v) is 18.2. The summed E-state index contributed by atoms with van der Waals surface area (Å²) in [4.78, 5) is 40.7. The van der Waals surface area contributed by atoms with Gasteiger partial charge in [-0.3, -0.25) is 4.79 Å². The summed E-state index contributed by atoms with van der Waals surface area (Å²) in [5.74, 6) is -0.169. The molecule has 0 atom stereocenters. The first-order valence-corrected chi connectivity index (χ1v) is 10.4. The molecule has 0 radical (unpaired) electrons. The maximum absolute atomic E-state index is 12.9. The molecule has 8 heteroatoms. The Balaban J connectivity index is 1.61. The Morgan fingerprint density at radius 1 is 1.03 bits per heavy atom. The summed E-state index contributed by atoms with van der Waals surface area (Å²) in [5, 5.41) is 1.72. The average molecular weight is 426 g/mol. The second-order valence-electron chi connectivity index (χ2n) is 7.93. The first kappa shape index (κ1) is 21.0. The van der Waals surface area contributed by atoms with Crippen molar-refractivity contribution in [3.8, 4) is 0 Å². The van der Waals surface area contributed by atoms with E-state index in [-0.39, 0.29) is 18.4 Å². The smallest absolute Gasteiger partial charge is 0.409 e. The molecule has 8 nitrogen and oxygen atoms in total. The molecule has 0 unspecified atom stereocenters. The second-order valence-corrected chi connectivity index (χ2v) is 7.93. The number of hydrogen-bond acceptors (Lipinski definition) is 6. The summed E-state index contributed by atoms with van der Waals surface area (Å²) in [7, 11) is 0. The van der Waals surface area contributed by atoms with E-state index in [0.29, 0.717) is 55.1 Å². The zero-order chi connectivity index (χ0) is 22.3. The molecule has 0 N–H and O–H groups in total. The SMILES string of the molecule is CCOC(=O)N1CCN(C(=O)Cc2c(C)c3c(cc(C)c4c(C)coc43)oc2=O)CC1. The van der Waals surface area contributed by atoms with Gasteiger partial charge in [-0.2, -0.15) is 0 Å². The lowest BCUT2D eigenvalue weighted by Gasteiger charge is -2.34. The van der Waals surface area contributed by atoms with Crippen molar-refractivity contribution >= 4 is 33.9 Å². The van der Waals surface area contributed by atoms with E-state index in [1.165, 1.54) is 0 Å². The van der Waals surface area contributed by atoms with Gasteiger partial charge in [0.25, 0.3) is 0 Å². The van der Waals surface area contributed by atoms with Crippen LogP contribution in [0.2, 0.25) is 0 Å². The monoisotopic (exact) mass is 426 g/mol. The van der Waals surface area contributed by atoms with Crippen molar-refractivity contribution in [3.63, 3.8) is 0 Å². The fraction of sp³-hybridized carbons (Fsp3) is 0.435. The van der Waals surface area contributed by atoms with E-state index < -0.39 is 5.63 Å². The van der Waals surface area contributed by atoms with E-state index >= 15 is 0 Å². The van der Waals surface area contributed by atoms with Gasteiger partial charge in [0.2, 0.25) is 5.91 Å². The molecule has 0 aliphatic carbocycles. The molecule has 0 saturated carbocycles. The number of furan rings is 1. The lowest BCUT2D eigenvalue weighted by atomic mass is 9.98. The number of ether oxygens (including phenoxy) is 1. The molecular weight excluding hydrogens is 400 g/mol. The van der Waals surface area contributed by atoms with Crippen LogP contribution in [0.3, 0.4) is 0 Å². The largest absolute Gasteiger partial charge is 0.463 e. The molecule has 3 heterocycles. The Morgan fingerprint density at radius 3 is 2.39 bits per heavy atom. The van der Waals surface area contributed by atoms with E-state index in [0.717, 1.165) is 21.9 Å². The van der Waals surface area contributed by atoms with Crippen LogP contribution in [0.4, 0.5) is 4.79 Å². The molecule has 1 aromatic carbocycles. The Labute approximate surface area is 179 Å². The topological polar surface area (TPSA) is 93.2 Å². The molecule has 1 fully saturated rings. The highest BCUT2D eigenvalue weighted by Gasteiger charge is 2.27. The molecule has 3 aromatic rings. The van der Waals surface area contributed by atoms with Crippen LogP contribution in [0, 0.1) is 20.8 Å². The summed E-state index contributed by atoms with van der Waals surface area (Å²) >= 11 is 0. The number of amides is 2. The van der Waals surface area contributed by atoms with Crippen molar-refractivity contribution < 1.29 is 23.2 Å². The van der Waals surface area contributed by atoms with Gasteiger partial charge in [0.05, 0.1) is 30.2 Å². The van der Waals surface area contributed by atoms with Crippen LogP contribution in [0.25, 0.3) is 21.9 Å². The van der Waals surface area contributed by atoms with Gasteiger partial charge in [0, 0.05) is 31.6 Å². The van der Waals surface area contributed by atoms with E-state index in [1.54, 1.807) is 23.0 Å². The highest BCUT2D eigenvalue weighted by molar-refractivity contribution is 6.07. The van der Waals surface area contributed by atoms with Gasteiger partial charge in [0.1, 0.15) is 11.2 Å². The first-order valence-electron chi connectivity index (χ1n) is 10.4. The number of piperazine rings is 1. The minimum Gasteiger partial charge on any atom is -0.463 e. The van der Waals surface area contributed by atoms with Crippen LogP contribution in [0.5, 0.6) is 0 Å². The maximum Gasteiger partial charge on any atom is 0.409 e. The van der Waals surface area contributed by atoms with Gasteiger partial charge in [-0.1, -0.05) is 0 Å². The normalized spacial score (nSPS) is 14.5. The lowest BCUT2D eigenvalue weighted by molar-refractivity contribution is -0.132. The van der Waals surface area contributed by atoms with Crippen molar-refractivity contribution in [1.82, 2.24) is 9.80 Å². The van der Waals surface area contributed by atoms with Crippen molar-refractivity contribution in [2.45, 2.75) is 34.1 Å². The minimum absolute atomic E-state index is 0.0570. The highest BCUT2D eigenvalue weighted by Crippen LogP contribution is 2.34. The number of carbonyl (C=O) groups is 2. The van der Waals surface area contributed by atoms with E-state index in [1.807, 2.05) is 26.8 Å². The molecule has 2 amide bonds. The predicted molar refractivity (Wildman–Crippen MR) is 115 cm³/mol. The number of hydrogen-bond donors (Lipinski definition) is 0. The summed E-state index contributed by atoms with van der Waals surface area (Å²) < 4.78 is 16.4. The molecular formula is C23H26N2O6. The predicted octanol–water partition coefficient (Wildman–Crippen LogP) is 3.31. The highest BCUT2D eigenvalue weighted by atomic mass is 16.6. The molecule has 4 rings (SSSR count). The molecule has 1 aliphatic rings. The Bertz CT molecular complexity index is 1230. The summed E-state index contributed by atoms with van der Waals surface area (Å²) in [6.45, 7) is 9.43. The van der Waals surface area contributed by atoms with Gasteiger partial charge in [-0.05, 0) is 50.5 Å². The van der Waals surface area contributed by atoms with Crippen LogP contribution in [-0.4, -0.2) is 54.6 Å². The third-order valence-corrected chi connectivity index (χ3v) is 5.95. The molecule has 1 saturated heterocycles. The van der Waals surface area contributed by atoms with Gasteiger partial charge < -0.3 is 23.4 Å². The van der Waals surface area contributed by atoms with Crippen molar-refractivity contribution in [2.24, 2.45) is 0 Å². The fourth-order valence-corrected chi connectivity index (χ4v) is 4.29. The number of rotatable bonds is 3. The fourth-order valence-electron chi connectivity index (χ4n) is 4.29. The van der Waals surface area contributed by atoms with Crippen molar-refractivity contribution in [2.75, 3.05) is 32.8 Å². The molecule has 164 valence electrons. The Kier molecular flexibility index (Phi) is 5.47. The second kappa shape index (κ2) is 8.09. The van der Waals surface area contributed by atoms with Crippen molar-refractivity contribution in [3.05, 3.63) is 45.0 Å². The lowest BCUT2D eigenvalue weighted by Crippen LogP contribution is -2.51. The van der Waals surface area contributed by atoms with E-state index in [2.05, 4.69) is 0 Å².